The van der Waals surface area contributed by atoms with Gasteiger partial charge in [-0.15, -0.1) is 0 Å². The predicted octanol–water partition coefficient (Wildman–Crippen LogP) is 1.04. The summed E-state index contributed by atoms with van der Waals surface area (Å²) in [7, 11) is -3.95. The highest BCUT2D eigenvalue weighted by Gasteiger charge is 2.30. The van der Waals surface area contributed by atoms with Crippen LogP contribution in [0.1, 0.15) is 25.7 Å². The lowest BCUT2D eigenvalue weighted by molar-refractivity contribution is -0.121. The molecule has 1 aromatic carbocycles. The summed E-state index contributed by atoms with van der Waals surface area (Å²) in [5.41, 5.74) is 0. The number of amides is 3. The smallest absolute Gasteiger partial charge is 0.321 e. The van der Waals surface area contributed by atoms with Crippen LogP contribution >= 0.6 is 0 Å². The van der Waals surface area contributed by atoms with Crippen molar-refractivity contribution in [2.45, 2.75) is 36.6 Å². The molecule has 0 spiro atoms. The summed E-state index contributed by atoms with van der Waals surface area (Å²) >= 11 is 0. The molecule has 1 aliphatic carbocycles. The number of carbonyl (C=O) groups excluding carboxylic acids is 2. The fourth-order valence-corrected chi connectivity index (χ4v) is 5.01. The predicted molar refractivity (Wildman–Crippen MR) is 100 cm³/mol. The number of sulfonamides is 1. The average Bonchev–Trinajstić information content (AvgIpc) is 3.17. The van der Waals surface area contributed by atoms with Crippen LogP contribution in [0.4, 0.5) is 13.6 Å². The van der Waals surface area contributed by atoms with E-state index in [1.807, 2.05) is 0 Å². The van der Waals surface area contributed by atoms with Crippen molar-refractivity contribution in [3.8, 4) is 0 Å². The number of imide groups is 1. The number of hydrogen-bond acceptors (Lipinski definition) is 5. The molecule has 0 radical (unpaired) electrons. The van der Waals surface area contributed by atoms with Crippen molar-refractivity contribution in [3.63, 3.8) is 0 Å². The summed E-state index contributed by atoms with van der Waals surface area (Å²) < 4.78 is 52.7. The first-order chi connectivity index (χ1) is 13.8. The molecular formula is C18H24F2N4O4S. The molecule has 160 valence electrons. The Morgan fingerprint density at radius 1 is 1.03 bits per heavy atom. The van der Waals surface area contributed by atoms with E-state index in [-0.39, 0.29) is 43.7 Å². The fraction of sp³-hybridized carbons (Fsp3) is 0.556. The second-order valence-corrected chi connectivity index (χ2v) is 9.20. The van der Waals surface area contributed by atoms with Crippen LogP contribution in [0.25, 0.3) is 0 Å². The Morgan fingerprint density at radius 3 is 2.31 bits per heavy atom. The molecule has 2 fully saturated rings. The van der Waals surface area contributed by atoms with Crippen molar-refractivity contribution in [2.75, 3.05) is 32.7 Å². The Kier molecular flexibility index (Phi) is 6.81. The van der Waals surface area contributed by atoms with Crippen molar-refractivity contribution in [3.05, 3.63) is 29.8 Å². The van der Waals surface area contributed by atoms with Crippen LogP contribution in [-0.4, -0.2) is 68.3 Å². The van der Waals surface area contributed by atoms with Crippen LogP contribution in [0.3, 0.4) is 0 Å². The van der Waals surface area contributed by atoms with Gasteiger partial charge in [-0.25, -0.2) is 22.0 Å². The SMILES string of the molecule is O=C(CN1CCN(S(=O)(=O)c2ccc(F)c(F)c2)CC1)NC(=O)NC1CCCC1. The van der Waals surface area contributed by atoms with Gasteiger partial charge in [0.15, 0.2) is 11.6 Å². The molecule has 1 aliphatic heterocycles. The number of halogens is 2. The summed E-state index contributed by atoms with van der Waals surface area (Å²) in [5, 5.41) is 5.06. The third-order valence-electron chi connectivity index (χ3n) is 5.17. The number of carbonyl (C=O) groups is 2. The van der Waals surface area contributed by atoms with E-state index in [4.69, 9.17) is 0 Å². The van der Waals surface area contributed by atoms with Crippen molar-refractivity contribution in [1.82, 2.24) is 19.8 Å². The molecule has 8 nitrogen and oxygen atoms in total. The van der Waals surface area contributed by atoms with E-state index in [1.165, 1.54) is 4.31 Å². The van der Waals surface area contributed by atoms with Gasteiger partial charge in [0.25, 0.3) is 0 Å². The molecule has 2 aliphatic rings. The topological polar surface area (TPSA) is 98.8 Å². The maximum Gasteiger partial charge on any atom is 0.321 e. The summed E-state index contributed by atoms with van der Waals surface area (Å²) in [6, 6.07) is 2.05. The van der Waals surface area contributed by atoms with Crippen molar-refractivity contribution in [2.24, 2.45) is 0 Å². The molecule has 11 heteroatoms. The van der Waals surface area contributed by atoms with Gasteiger partial charge >= 0.3 is 6.03 Å². The van der Waals surface area contributed by atoms with Gasteiger partial charge < -0.3 is 5.32 Å². The average molecular weight is 430 g/mol. The van der Waals surface area contributed by atoms with Gasteiger partial charge in [0.2, 0.25) is 15.9 Å². The first kappa shape index (κ1) is 21.6. The Bertz CT molecular complexity index is 867. The summed E-state index contributed by atoms with van der Waals surface area (Å²) in [4.78, 5) is 25.3. The van der Waals surface area contributed by atoms with Crippen LogP contribution in [0, 0.1) is 11.6 Å². The molecule has 0 aromatic heterocycles. The quantitative estimate of drug-likeness (QED) is 0.727. The monoisotopic (exact) mass is 430 g/mol. The van der Waals surface area contributed by atoms with Crippen LogP contribution in [-0.2, 0) is 14.8 Å². The van der Waals surface area contributed by atoms with E-state index in [2.05, 4.69) is 10.6 Å². The Balaban J connectivity index is 1.47. The molecule has 0 atom stereocenters. The zero-order valence-corrected chi connectivity index (χ0v) is 16.7. The minimum Gasteiger partial charge on any atom is -0.335 e. The van der Waals surface area contributed by atoms with E-state index in [9.17, 15) is 26.8 Å². The molecule has 2 N–H and O–H groups in total. The molecule has 1 heterocycles. The minimum atomic E-state index is -3.95. The Morgan fingerprint density at radius 2 is 1.69 bits per heavy atom. The highest BCUT2D eigenvalue weighted by molar-refractivity contribution is 7.89. The van der Waals surface area contributed by atoms with Crippen LogP contribution in [0.15, 0.2) is 23.1 Å². The molecular weight excluding hydrogens is 406 g/mol. The Hall–Kier alpha value is -2.11. The van der Waals surface area contributed by atoms with Gasteiger partial charge in [0.1, 0.15) is 0 Å². The number of rotatable bonds is 5. The molecule has 1 saturated heterocycles. The maximum absolute atomic E-state index is 13.4. The second-order valence-electron chi connectivity index (χ2n) is 7.26. The number of piperazine rings is 1. The number of nitrogens with zero attached hydrogens (tertiary/aromatic N) is 2. The zero-order valence-electron chi connectivity index (χ0n) is 15.9. The summed E-state index contributed by atoms with van der Waals surface area (Å²) in [5.74, 6) is -2.80. The van der Waals surface area contributed by atoms with Crippen LogP contribution < -0.4 is 10.6 Å². The standard InChI is InChI=1S/C18H24F2N4O4S/c19-15-6-5-14(11-16(15)20)29(27,28)24-9-7-23(8-10-24)12-17(25)22-18(26)21-13-3-1-2-4-13/h5-6,11,13H,1-4,7-10,12H2,(H2,21,22,25,26). The largest absolute Gasteiger partial charge is 0.335 e. The molecule has 0 bridgehead atoms. The molecule has 1 aromatic rings. The maximum atomic E-state index is 13.4. The van der Waals surface area contributed by atoms with Gasteiger partial charge in [0.05, 0.1) is 11.4 Å². The number of benzene rings is 1. The normalized spacial score (nSPS) is 19.2. The van der Waals surface area contributed by atoms with E-state index in [1.54, 1.807) is 4.90 Å². The van der Waals surface area contributed by atoms with Gasteiger partial charge in [-0.05, 0) is 31.0 Å². The first-order valence-corrected chi connectivity index (χ1v) is 11.0. The van der Waals surface area contributed by atoms with Crippen LogP contribution in [0.2, 0.25) is 0 Å². The fourth-order valence-electron chi connectivity index (χ4n) is 3.58. The molecule has 0 unspecified atom stereocenters. The Labute approximate surface area is 168 Å². The van der Waals surface area contributed by atoms with E-state index < -0.39 is 33.6 Å². The molecule has 1 saturated carbocycles. The van der Waals surface area contributed by atoms with E-state index in [0.29, 0.717) is 6.07 Å². The first-order valence-electron chi connectivity index (χ1n) is 9.53. The van der Waals surface area contributed by atoms with Crippen molar-refractivity contribution >= 4 is 22.0 Å². The highest BCUT2D eigenvalue weighted by Crippen LogP contribution is 2.20. The number of nitrogens with one attached hydrogen (secondary N) is 2. The highest BCUT2D eigenvalue weighted by atomic mass is 32.2. The zero-order chi connectivity index (χ0) is 21.0. The van der Waals surface area contributed by atoms with Crippen LogP contribution in [0.5, 0.6) is 0 Å². The molecule has 29 heavy (non-hydrogen) atoms. The lowest BCUT2D eigenvalue weighted by Gasteiger charge is -2.33. The summed E-state index contributed by atoms with van der Waals surface area (Å²) in [6.45, 7) is 0.726. The van der Waals surface area contributed by atoms with Gasteiger partial charge in [-0.3, -0.25) is 15.0 Å². The van der Waals surface area contributed by atoms with Gasteiger partial charge in [-0.1, -0.05) is 12.8 Å². The summed E-state index contributed by atoms with van der Waals surface area (Å²) in [6.07, 6.45) is 3.96. The van der Waals surface area contributed by atoms with Gasteiger partial charge in [0, 0.05) is 32.2 Å². The number of urea groups is 1. The number of hydrogen-bond donors (Lipinski definition) is 2. The van der Waals surface area contributed by atoms with E-state index in [0.717, 1.165) is 37.8 Å². The second kappa shape index (κ2) is 9.14. The lowest BCUT2D eigenvalue weighted by Crippen LogP contribution is -2.52. The third-order valence-corrected chi connectivity index (χ3v) is 7.07. The van der Waals surface area contributed by atoms with Crippen molar-refractivity contribution in [1.29, 1.82) is 0 Å². The molecule has 3 amide bonds. The lowest BCUT2D eigenvalue weighted by atomic mass is 10.2. The third kappa shape index (κ3) is 5.49. The van der Waals surface area contributed by atoms with Crippen molar-refractivity contribution < 1.29 is 26.8 Å². The van der Waals surface area contributed by atoms with E-state index >= 15 is 0 Å². The minimum absolute atomic E-state index is 0.0306. The van der Waals surface area contributed by atoms with Gasteiger partial charge in [-0.2, -0.15) is 4.31 Å². The molecule has 3 rings (SSSR count).